The highest BCUT2D eigenvalue weighted by Gasteiger charge is 2.21. The summed E-state index contributed by atoms with van der Waals surface area (Å²) in [6, 6.07) is 28.0. The van der Waals surface area contributed by atoms with Gasteiger partial charge in [-0.05, 0) is 35.4 Å². The molecule has 2 amide bonds. The van der Waals surface area contributed by atoms with Crippen molar-refractivity contribution in [3.8, 4) is 5.75 Å². The molecule has 1 saturated heterocycles. The van der Waals surface area contributed by atoms with Crippen molar-refractivity contribution in [3.63, 3.8) is 0 Å². The lowest BCUT2D eigenvalue weighted by atomic mass is 10.2. The number of amides is 2. The molecular weight excluding hydrogens is 374 g/mol. The maximum atomic E-state index is 12.6. The third-order valence-corrected chi connectivity index (χ3v) is 5.26. The first-order chi connectivity index (χ1) is 14.8. The van der Waals surface area contributed by atoms with Crippen molar-refractivity contribution in [2.75, 3.05) is 31.5 Å². The first-order valence-electron chi connectivity index (χ1n) is 10.4. The lowest BCUT2D eigenvalue weighted by Gasteiger charge is -2.34. The van der Waals surface area contributed by atoms with Crippen LogP contribution < -0.4 is 10.1 Å². The van der Waals surface area contributed by atoms with Crippen LogP contribution in [0.5, 0.6) is 5.75 Å². The molecule has 0 radical (unpaired) electrons. The molecule has 5 nitrogen and oxygen atoms in total. The van der Waals surface area contributed by atoms with Crippen molar-refractivity contribution < 1.29 is 9.53 Å². The van der Waals surface area contributed by atoms with E-state index in [0.29, 0.717) is 6.61 Å². The van der Waals surface area contributed by atoms with Crippen LogP contribution in [-0.4, -0.2) is 42.0 Å². The van der Waals surface area contributed by atoms with Gasteiger partial charge in [-0.3, -0.25) is 4.90 Å². The van der Waals surface area contributed by atoms with E-state index < -0.39 is 0 Å². The van der Waals surface area contributed by atoms with Crippen molar-refractivity contribution in [2.24, 2.45) is 0 Å². The lowest BCUT2D eigenvalue weighted by molar-refractivity contribution is 0.143. The molecule has 0 atom stereocenters. The van der Waals surface area contributed by atoms with Crippen LogP contribution in [0.25, 0.3) is 0 Å². The molecule has 3 aromatic rings. The number of anilines is 1. The minimum absolute atomic E-state index is 0.0488. The van der Waals surface area contributed by atoms with Crippen molar-refractivity contribution in [1.82, 2.24) is 9.80 Å². The number of nitrogens with zero attached hydrogens (tertiary/aromatic N) is 2. The van der Waals surface area contributed by atoms with Crippen molar-refractivity contribution in [2.45, 2.75) is 13.2 Å². The zero-order valence-electron chi connectivity index (χ0n) is 17.0. The van der Waals surface area contributed by atoms with Gasteiger partial charge in [-0.25, -0.2) is 4.79 Å². The standard InChI is InChI=1S/C25H27N3O2/c29-25(28-17-15-27(16-18-28)19-21-7-3-1-4-8-21)26-23-11-13-24(14-12-23)30-20-22-9-5-2-6-10-22/h1-14H,15-20H2,(H,26,29). The molecule has 0 spiro atoms. The number of benzene rings is 3. The van der Waals surface area contributed by atoms with Gasteiger partial charge < -0.3 is 15.0 Å². The predicted octanol–water partition coefficient (Wildman–Crippen LogP) is 4.62. The number of piperazine rings is 1. The fraction of sp³-hybridized carbons (Fsp3) is 0.240. The highest BCUT2D eigenvalue weighted by molar-refractivity contribution is 5.89. The Morgan fingerprint density at radius 2 is 1.37 bits per heavy atom. The SMILES string of the molecule is O=C(Nc1ccc(OCc2ccccc2)cc1)N1CCN(Cc2ccccc2)CC1. The molecule has 30 heavy (non-hydrogen) atoms. The Kier molecular flexibility index (Phi) is 6.62. The van der Waals surface area contributed by atoms with Gasteiger partial charge in [-0.15, -0.1) is 0 Å². The Hall–Kier alpha value is -3.31. The van der Waals surface area contributed by atoms with Crippen molar-refractivity contribution >= 4 is 11.7 Å². The normalized spacial score (nSPS) is 14.3. The number of nitrogens with one attached hydrogen (secondary N) is 1. The van der Waals surface area contributed by atoms with Crippen LogP contribution in [0, 0.1) is 0 Å². The van der Waals surface area contributed by atoms with Crippen LogP contribution in [0.2, 0.25) is 0 Å². The van der Waals surface area contributed by atoms with Gasteiger partial charge in [-0.1, -0.05) is 60.7 Å². The van der Waals surface area contributed by atoms with E-state index in [1.807, 2.05) is 65.6 Å². The van der Waals surface area contributed by atoms with Gasteiger partial charge in [0.1, 0.15) is 12.4 Å². The van der Waals surface area contributed by atoms with Crippen molar-refractivity contribution in [3.05, 3.63) is 96.1 Å². The Labute approximate surface area is 177 Å². The molecular formula is C25H27N3O2. The van der Waals surface area contributed by atoms with Gasteiger partial charge in [-0.2, -0.15) is 0 Å². The van der Waals surface area contributed by atoms with E-state index in [1.54, 1.807) is 0 Å². The zero-order valence-corrected chi connectivity index (χ0v) is 17.0. The Bertz CT molecular complexity index is 922. The van der Waals surface area contributed by atoms with Gasteiger partial charge in [0, 0.05) is 38.4 Å². The first-order valence-corrected chi connectivity index (χ1v) is 10.4. The summed E-state index contributed by atoms with van der Waals surface area (Å²) in [6.07, 6.45) is 0. The zero-order chi connectivity index (χ0) is 20.6. The second kappa shape index (κ2) is 9.94. The third-order valence-electron chi connectivity index (χ3n) is 5.26. The van der Waals surface area contributed by atoms with Crippen LogP contribution in [0.1, 0.15) is 11.1 Å². The second-order valence-corrected chi connectivity index (χ2v) is 7.48. The van der Waals surface area contributed by atoms with E-state index in [0.717, 1.165) is 49.7 Å². The van der Waals surface area contributed by atoms with E-state index >= 15 is 0 Å². The fourth-order valence-electron chi connectivity index (χ4n) is 3.53. The summed E-state index contributed by atoms with van der Waals surface area (Å²) in [4.78, 5) is 16.9. The molecule has 0 aliphatic carbocycles. The monoisotopic (exact) mass is 401 g/mol. The molecule has 1 aliphatic rings. The topological polar surface area (TPSA) is 44.8 Å². The van der Waals surface area contributed by atoms with E-state index in [-0.39, 0.29) is 6.03 Å². The molecule has 1 heterocycles. The minimum Gasteiger partial charge on any atom is -0.489 e. The molecule has 0 bridgehead atoms. The Balaban J connectivity index is 1.22. The molecule has 0 unspecified atom stereocenters. The molecule has 3 aromatic carbocycles. The van der Waals surface area contributed by atoms with Gasteiger partial charge in [0.15, 0.2) is 0 Å². The van der Waals surface area contributed by atoms with E-state index in [2.05, 4.69) is 34.5 Å². The van der Waals surface area contributed by atoms with E-state index in [1.165, 1.54) is 5.56 Å². The molecule has 154 valence electrons. The number of hydrogen-bond donors (Lipinski definition) is 1. The highest BCUT2D eigenvalue weighted by Crippen LogP contribution is 2.18. The number of carbonyl (C=O) groups excluding carboxylic acids is 1. The predicted molar refractivity (Wildman–Crippen MR) is 120 cm³/mol. The van der Waals surface area contributed by atoms with Crippen LogP contribution in [-0.2, 0) is 13.2 Å². The summed E-state index contributed by atoms with van der Waals surface area (Å²) in [7, 11) is 0. The molecule has 1 N–H and O–H groups in total. The molecule has 1 aliphatic heterocycles. The maximum absolute atomic E-state index is 12.6. The molecule has 5 heteroatoms. The molecule has 0 aromatic heterocycles. The lowest BCUT2D eigenvalue weighted by Crippen LogP contribution is -2.49. The van der Waals surface area contributed by atoms with Crippen LogP contribution in [0.4, 0.5) is 10.5 Å². The third kappa shape index (κ3) is 5.61. The van der Waals surface area contributed by atoms with Gasteiger partial charge in [0.05, 0.1) is 0 Å². The summed E-state index contributed by atoms with van der Waals surface area (Å²) in [5.41, 5.74) is 3.21. The Morgan fingerprint density at radius 1 is 0.767 bits per heavy atom. The summed E-state index contributed by atoms with van der Waals surface area (Å²) in [5, 5.41) is 2.99. The van der Waals surface area contributed by atoms with Crippen LogP contribution >= 0.6 is 0 Å². The number of rotatable bonds is 6. The average molecular weight is 402 g/mol. The van der Waals surface area contributed by atoms with Crippen LogP contribution in [0.3, 0.4) is 0 Å². The number of urea groups is 1. The smallest absolute Gasteiger partial charge is 0.321 e. The van der Waals surface area contributed by atoms with Gasteiger partial charge in [0.2, 0.25) is 0 Å². The number of hydrogen-bond acceptors (Lipinski definition) is 3. The van der Waals surface area contributed by atoms with Crippen LogP contribution in [0.15, 0.2) is 84.9 Å². The summed E-state index contributed by atoms with van der Waals surface area (Å²) >= 11 is 0. The van der Waals surface area contributed by atoms with E-state index in [4.69, 9.17) is 4.74 Å². The first kappa shape index (κ1) is 20.0. The summed E-state index contributed by atoms with van der Waals surface area (Å²) in [6.45, 7) is 4.69. The summed E-state index contributed by atoms with van der Waals surface area (Å²) < 4.78 is 5.80. The number of ether oxygens (including phenoxy) is 1. The maximum Gasteiger partial charge on any atom is 0.321 e. The van der Waals surface area contributed by atoms with Gasteiger partial charge in [0.25, 0.3) is 0 Å². The summed E-state index contributed by atoms with van der Waals surface area (Å²) in [5.74, 6) is 0.784. The number of carbonyl (C=O) groups is 1. The van der Waals surface area contributed by atoms with Gasteiger partial charge >= 0.3 is 6.03 Å². The quantitative estimate of drug-likeness (QED) is 0.656. The molecule has 0 saturated carbocycles. The van der Waals surface area contributed by atoms with E-state index in [9.17, 15) is 4.79 Å². The minimum atomic E-state index is -0.0488. The Morgan fingerprint density at radius 3 is 2.00 bits per heavy atom. The average Bonchev–Trinajstić information content (AvgIpc) is 2.80. The molecule has 4 rings (SSSR count). The highest BCUT2D eigenvalue weighted by atomic mass is 16.5. The fourth-order valence-corrected chi connectivity index (χ4v) is 3.53. The molecule has 1 fully saturated rings. The largest absolute Gasteiger partial charge is 0.489 e. The second-order valence-electron chi connectivity index (χ2n) is 7.48. The van der Waals surface area contributed by atoms with Crippen molar-refractivity contribution in [1.29, 1.82) is 0 Å².